The number of pyridine rings is 1. The van der Waals surface area contributed by atoms with E-state index in [0.29, 0.717) is 0 Å². The van der Waals surface area contributed by atoms with Crippen molar-refractivity contribution in [2.24, 2.45) is 5.14 Å². The molecule has 1 rings (SSSR count). The summed E-state index contributed by atoms with van der Waals surface area (Å²) in [5, 5.41) is 4.86. The van der Waals surface area contributed by atoms with Crippen LogP contribution in [0.2, 0.25) is 0 Å². The molecule has 0 unspecified atom stereocenters. The topological polar surface area (TPSA) is 73.0 Å². The first-order chi connectivity index (χ1) is 6.75. The zero-order valence-electron chi connectivity index (χ0n) is 7.54. The molecule has 0 aliphatic carbocycles. The Hall–Kier alpha value is -0.350. The molecule has 15 heavy (non-hydrogen) atoms. The molecule has 8 heteroatoms. The second kappa shape index (κ2) is 4.26. The van der Waals surface area contributed by atoms with Gasteiger partial charge in [0.05, 0.1) is 0 Å². The third kappa shape index (κ3) is 2.61. The van der Waals surface area contributed by atoms with Gasteiger partial charge in [0.25, 0.3) is 6.43 Å². The van der Waals surface area contributed by atoms with E-state index >= 15 is 0 Å². The van der Waals surface area contributed by atoms with E-state index in [1.165, 1.54) is 13.1 Å². The van der Waals surface area contributed by atoms with Crippen molar-refractivity contribution in [2.45, 2.75) is 18.2 Å². The van der Waals surface area contributed by atoms with Gasteiger partial charge in [-0.25, -0.2) is 27.3 Å². The second-order valence-corrected chi connectivity index (χ2v) is 5.34. The molecule has 0 saturated heterocycles. The number of sulfonamides is 1. The normalized spacial score (nSPS) is 12.1. The van der Waals surface area contributed by atoms with Gasteiger partial charge in [-0.05, 0) is 35.1 Å². The van der Waals surface area contributed by atoms with Gasteiger partial charge in [0.2, 0.25) is 10.0 Å². The fraction of sp³-hybridized carbons (Fsp3) is 0.286. The van der Waals surface area contributed by atoms with Crippen LogP contribution in [-0.4, -0.2) is 13.4 Å². The van der Waals surface area contributed by atoms with E-state index in [0.717, 1.165) is 0 Å². The first-order valence-corrected chi connectivity index (χ1v) is 6.33. The van der Waals surface area contributed by atoms with E-state index in [9.17, 15) is 17.2 Å². The van der Waals surface area contributed by atoms with Crippen LogP contribution in [0.5, 0.6) is 0 Å². The largest absolute Gasteiger partial charge is 0.265 e. The highest BCUT2D eigenvalue weighted by atomic mass is 127. The van der Waals surface area contributed by atoms with Gasteiger partial charge in [0.1, 0.15) is 8.60 Å². The number of aryl methyl sites for hydroxylation is 1. The number of alkyl halides is 2. The molecule has 0 aliphatic heterocycles. The molecule has 0 fully saturated rings. The summed E-state index contributed by atoms with van der Waals surface area (Å²) in [6.45, 7) is 1.36. The highest BCUT2D eigenvalue weighted by molar-refractivity contribution is 14.1. The summed E-state index contributed by atoms with van der Waals surface area (Å²) in [7, 11) is -4.18. The summed E-state index contributed by atoms with van der Waals surface area (Å²) >= 11 is 1.56. The zero-order chi connectivity index (χ0) is 11.8. The van der Waals surface area contributed by atoms with E-state index in [2.05, 4.69) is 4.98 Å². The molecule has 1 aromatic rings. The molecule has 0 aromatic carbocycles. The van der Waals surface area contributed by atoms with Crippen molar-refractivity contribution in [3.63, 3.8) is 0 Å². The molecule has 84 valence electrons. The number of aromatic nitrogens is 1. The average Bonchev–Trinajstić information content (AvgIpc) is 2.05. The molecule has 1 heterocycles. The van der Waals surface area contributed by atoms with Gasteiger partial charge in [-0.1, -0.05) is 0 Å². The third-order valence-electron chi connectivity index (χ3n) is 1.73. The van der Waals surface area contributed by atoms with Gasteiger partial charge < -0.3 is 0 Å². The van der Waals surface area contributed by atoms with Gasteiger partial charge in [-0.3, -0.25) is 0 Å². The van der Waals surface area contributed by atoms with Crippen molar-refractivity contribution in [2.75, 3.05) is 0 Å². The van der Waals surface area contributed by atoms with Gasteiger partial charge >= 0.3 is 0 Å². The van der Waals surface area contributed by atoms with Crippen LogP contribution in [0.15, 0.2) is 11.1 Å². The second-order valence-electron chi connectivity index (χ2n) is 2.82. The SMILES string of the molecule is Cc1cnc(I)c(S(N)(=O)=O)c1C(F)F. The summed E-state index contributed by atoms with van der Waals surface area (Å²) < 4.78 is 47.5. The Morgan fingerprint density at radius 3 is 2.40 bits per heavy atom. The Kier molecular flexibility index (Phi) is 3.61. The molecular formula is C7H7F2IN2O2S. The number of hydrogen-bond donors (Lipinski definition) is 1. The summed E-state index contributed by atoms with van der Waals surface area (Å²) in [5.41, 5.74) is -0.466. The first-order valence-electron chi connectivity index (χ1n) is 3.71. The van der Waals surface area contributed by atoms with Crippen LogP contribution in [0.25, 0.3) is 0 Å². The van der Waals surface area contributed by atoms with Crippen LogP contribution in [-0.2, 0) is 10.0 Å². The lowest BCUT2D eigenvalue weighted by atomic mass is 10.2. The number of primary sulfonamides is 1. The molecule has 0 spiro atoms. The van der Waals surface area contributed by atoms with Gasteiger partial charge in [0.15, 0.2) is 0 Å². The van der Waals surface area contributed by atoms with Crippen molar-refractivity contribution >= 4 is 32.6 Å². The lowest BCUT2D eigenvalue weighted by Gasteiger charge is -2.10. The Bertz CT molecular complexity index is 490. The molecule has 0 saturated carbocycles. The maximum absolute atomic E-state index is 12.6. The summed E-state index contributed by atoms with van der Waals surface area (Å²) in [6, 6.07) is 0. The molecular weight excluding hydrogens is 341 g/mol. The number of hydrogen-bond acceptors (Lipinski definition) is 3. The molecule has 0 radical (unpaired) electrons. The minimum atomic E-state index is -4.18. The molecule has 0 aliphatic rings. The maximum atomic E-state index is 12.6. The van der Waals surface area contributed by atoms with E-state index < -0.39 is 26.9 Å². The zero-order valence-corrected chi connectivity index (χ0v) is 10.5. The van der Waals surface area contributed by atoms with Crippen molar-refractivity contribution in [1.82, 2.24) is 4.98 Å². The maximum Gasteiger partial charge on any atom is 0.265 e. The lowest BCUT2D eigenvalue weighted by molar-refractivity contribution is 0.146. The lowest BCUT2D eigenvalue weighted by Crippen LogP contribution is -2.18. The van der Waals surface area contributed by atoms with Crippen LogP contribution < -0.4 is 5.14 Å². The smallest absolute Gasteiger partial charge is 0.249 e. The summed E-state index contributed by atoms with van der Waals surface area (Å²) in [5.74, 6) is 0. The molecule has 2 N–H and O–H groups in total. The predicted octanol–water partition coefficient (Wildman–Crippen LogP) is 1.58. The number of halogens is 3. The highest BCUT2D eigenvalue weighted by Crippen LogP contribution is 2.30. The van der Waals surface area contributed by atoms with E-state index in [-0.39, 0.29) is 9.26 Å². The fourth-order valence-corrected chi connectivity index (χ4v) is 3.31. The monoisotopic (exact) mass is 348 g/mol. The van der Waals surface area contributed by atoms with Crippen LogP contribution in [0.3, 0.4) is 0 Å². The van der Waals surface area contributed by atoms with Gasteiger partial charge in [-0.15, -0.1) is 0 Å². The quantitative estimate of drug-likeness (QED) is 0.652. The Labute approximate surface area is 99.1 Å². The summed E-state index contributed by atoms with van der Waals surface area (Å²) in [6.07, 6.45) is -1.70. The third-order valence-corrected chi connectivity index (χ3v) is 3.90. The molecule has 0 bridgehead atoms. The molecule has 0 atom stereocenters. The average molecular weight is 348 g/mol. The number of nitrogens with zero attached hydrogens (tertiary/aromatic N) is 1. The van der Waals surface area contributed by atoms with E-state index in [4.69, 9.17) is 5.14 Å². The van der Waals surface area contributed by atoms with Crippen molar-refractivity contribution in [1.29, 1.82) is 0 Å². The van der Waals surface area contributed by atoms with Crippen LogP contribution in [0.4, 0.5) is 8.78 Å². The van der Waals surface area contributed by atoms with Gasteiger partial charge in [0, 0.05) is 11.8 Å². The van der Waals surface area contributed by atoms with E-state index in [1.54, 1.807) is 22.6 Å². The molecule has 4 nitrogen and oxygen atoms in total. The standard InChI is InChI=1S/C7H7F2IN2O2S/c1-3-2-12-7(10)5(15(11,13)14)4(3)6(8)9/h2,6H,1H3,(H2,11,13,14). The van der Waals surface area contributed by atoms with Crippen LogP contribution >= 0.6 is 22.6 Å². The van der Waals surface area contributed by atoms with Crippen molar-refractivity contribution in [3.8, 4) is 0 Å². The highest BCUT2D eigenvalue weighted by Gasteiger charge is 2.26. The van der Waals surface area contributed by atoms with Gasteiger partial charge in [-0.2, -0.15) is 0 Å². The van der Waals surface area contributed by atoms with Crippen LogP contribution in [0.1, 0.15) is 17.6 Å². The Balaban J connectivity index is 3.68. The number of nitrogens with two attached hydrogens (primary N) is 1. The first kappa shape index (κ1) is 12.7. The predicted molar refractivity (Wildman–Crippen MR) is 58.0 cm³/mol. The van der Waals surface area contributed by atoms with Crippen molar-refractivity contribution < 1.29 is 17.2 Å². The molecule has 0 amide bonds. The molecule has 1 aromatic heterocycles. The number of rotatable bonds is 2. The van der Waals surface area contributed by atoms with Crippen molar-refractivity contribution in [3.05, 3.63) is 21.0 Å². The minimum absolute atomic E-state index is 0.0454. The van der Waals surface area contributed by atoms with Crippen LogP contribution in [0, 0.1) is 10.6 Å². The fourth-order valence-electron chi connectivity index (χ4n) is 1.11. The Morgan fingerprint density at radius 1 is 1.53 bits per heavy atom. The van der Waals surface area contributed by atoms with E-state index in [1.807, 2.05) is 0 Å². The minimum Gasteiger partial charge on any atom is -0.249 e. The Morgan fingerprint density at radius 2 is 2.07 bits per heavy atom. The summed E-state index contributed by atoms with van der Waals surface area (Å²) in [4.78, 5) is 3.10.